The molecule has 0 atom stereocenters. The second-order valence-corrected chi connectivity index (χ2v) is 9.10. The molecule has 0 radical (unpaired) electrons. The van der Waals surface area contributed by atoms with Gasteiger partial charge in [-0.15, -0.1) is 5.69 Å². The van der Waals surface area contributed by atoms with Crippen LogP contribution in [-0.2, 0) is 20.1 Å². The standard InChI is InChI=1S/C22H12N3.C10H10N2.Ir/c1-2-5-15-11-17-13-20-19(12-16(17)10-14(15)4-1)18-6-3-7-23-21(18)25-9-8-24-22(20)25;1-11-7-8-12(9-11)10-5-3-2-4-6-10;/h1-8,10-13H;2-5,7-9H,1H3;/q-1;-2;+3. The maximum Gasteiger partial charge on any atom is 3.00 e. The van der Waals surface area contributed by atoms with Gasteiger partial charge in [-0.25, -0.2) is 0 Å². The Balaban J connectivity index is 0.000000172. The minimum absolute atomic E-state index is 0. The Hall–Kier alpha value is -4.25. The molecule has 0 amide bonds. The molecule has 0 saturated heterocycles. The van der Waals surface area contributed by atoms with E-state index in [1.807, 2.05) is 76.8 Å². The van der Waals surface area contributed by atoms with Gasteiger partial charge in [0.15, 0.2) is 0 Å². The SMILES string of the molecule is CN1C=CN(c2[c-]cccc2)[CH-]1.[Ir+3].[c-]1cnc2c3cc4cc5ccccc5cc4cc3c3cccnc3n12. The van der Waals surface area contributed by atoms with Crippen molar-refractivity contribution in [2.24, 2.45) is 0 Å². The van der Waals surface area contributed by atoms with Gasteiger partial charge in [-0.2, -0.15) is 37.0 Å². The number of hydrogen-bond acceptors (Lipinski definition) is 4. The summed E-state index contributed by atoms with van der Waals surface area (Å²) in [4.78, 5) is 13.1. The van der Waals surface area contributed by atoms with Crippen molar-refractivity contribution in [3.8, 4) is 0 Å². The third kappa shape index (κ3) is 4.18. The van der Waals surface area contributed by atoms with Gasteiger partial charge in [0.05, 0.1) is 0 Å². The van der Waals surface area contributed by atoms with Crippen molar-refractivity contribution in [1.82, 2.24) is 19.3 Å². The van der Waals surface area contributed by atoms with Crippen LogP contribution in [0.1, 0.15) is 0 Å². The van der Waals surface area contributed by atoms with Crippen molar-refractivity contribution in [2.75, 3.05) is 11.9 Å². The summed E-state index contributed by atoms with van der Waals surface area (Å²) in [6.45, 7) is 2.01. The first-order valence-corrected chi connectivity index (χ1v) is 12.1. The Bertz CT molecular complexity index is 1940. The monoisotopic (exact) mass is 669 g/mol. The van der Waals surface area contributed by atoms with E-state index in [1.165, 1.54) is 26.9 Å². The van der Waals surface area contributed by atoms with Crippen molar-refractivity contribution in [2.45, 2.75) is 0 Å². The van der Waals surface area contributed by atoms with E-state index in [2.05, 4.69) is 76.8 Å². The molecule has 8 rings (SSSR count). The first-order chi connectivity index (χ1) is 18.2. The zero-order valence-corrected chi connectivity index (χ0v) is 22.9. The number of nitrogens with zero attached hydrogens (tertiary/aromatic N) is 5. The van der Waals surface area contributed by atoms with Gasteiger partial charge in [-0.05, 0) is 87.6 Å². The van der Waals surface area contributed by atoms with Gasteiger partial charge in [0.2, 0.25) is 0 Å². The zero-order chi connectivity index (χ0) is 24.8. The summed E-state index contributed by atoms with van der Waals surface area (Å²) in [7, 11) is 2.00. The van der Waals surface area contributed by atoms with Crippen LogP contribution >= 0.6 is 0 Å². The molecule has 0 unspecified atom stereocenters. The maximum absolute atomic E-state index is 4.55. The summed E-state index contributed by atoms with van der Waals surface area (Å²) in [6.07, 6.45) is 10.7. The average molecular weight is 669 g/mol. The van der Waals surface area contributed by atoms with E-state index >= 15 is 0 Å². The smallest absolute Gasteiger partial charge is 0.510 e. The molecule has 6 heteroatoms. The summed E-state index contributed by atoms with van der Waals surface area (Å²) in [6, 6.07) is 32.6. The number of anilines is 1. The molecule has 0 saturated carbocycles. The van der Waals surface area contributed by atoms with Crippen LogP contribution in [0.3, 0.4) is 0 Å². The fraction of sp³-hybridized carbons (Fsp3) is 0.0312. The van der Waals surface area contributed by atoms with Crippen molar-refractivity contribution >= 4 is 54.7 Å². The van der Waals surface area contributed by atoms with Crippen LogP contribution in [0.5, 0.6) is 0 Å². The molecule has 3 aromatic heterocycles. The predicted molar refractivity (Wildman–Crippen MR) is 151 cm³/mol. The summed E-state index contributed by atoms with van der Waals surface area (Å²) in [5, 5.41) is 8.39. The van der Waals surface area contributed by atoms with Gasteiger partial charge in [0, 0.05) is 17.5 Å². The van der Waals surface area contributed by atoms with Crippen LogP contribution in [0.15, 0.2) is 110 Å². The van der Waals surface area contributed by atoms with Crippen LogP contribution in [0.2, 0.25) is 0 Å². The second-order valence-electron chi connectivity index (χ2n) is 9.10. The molecule has 4 aromatic carbocycles. The molecule has 38 heavy (non-hydrogen) atoms. The van der Waals surface area contributed by atoms with Crippen LogP contribution in [0, 0.1) is 18.9 Å². The number of aromatic nitrogens is 3. The molecule has 5 nitrogen and oxygen atoms in total. The molecule has 1 aliphatic rings. The number of rotatable bonds is 1. The normalized spacial score (nSPS) is 12.9. The molecule has 0 aliphatic carbocycles. The first-order valence-electron chi connectivity index (χ1n) is 12.1. The number of para-hydroxylation sites is 1. The number of pyridine rings is 2. The third-order valence-corrected chi connectivity index (χ3v) is 6.70. The number of benzene rings is 4. The van der Waals surface area contributed by atoms with E-state index in [4.69, 9.17) is 0 Å². The van der Waals surface area contributed by atoms with Crippen molar-refractivity contribution < 1.29 is 20.1 Å². The fourth-order valence-electron chi connectivity index (χ4n) is 4.94. The maximum atomic E-state index is 4.55. The molecule has 1 aliphatic heterocycles. The van der Waals surface area contributed by atoms with Gasteiger partial charge in [-0.3, -0.25) is 0 Å². The van der Waals surface area contributed by atoms with Crippen LogP contribution in [-0.4, -0.2) is 26.3 Å². The Morgan fingerprint density at radius 3 is 2.16 bits per heavy atom. The van der Waals surface area contributed by atoms with E-state index < -0.39 is 0 Å². The summed E-state index contributed by atoms with van der Waals surface area (Å²) in [5.41, 5.74) is 2.86. The molecule has 4 heterocycles. The van der Waals surface area contributed by atoms with Crippen molar-refractivity contribution in [3.63, 3.8) is 0 Å². The molecular weight excluding hydrogens is 647 g/mol. The Kier molecular flexibility index (Phi) is 6.28. The van der Waals surface area contributed by atoms with Crippen molar-refractivity contribution in [3.05, 3.63) is 129 Å². The molecule has 0 spiro atoms. The zero-order valence-electron chi connectivity index (χ0n) is 20.5. The molecule has 0 fully saturated rings. The topological polar surface area (TPSA) is 36.7 Å². The minimum atomic E-state index is 0. The molecular formula is C32H22IrN5. The van der Waals surface area contributed by atoms with Gasteiger partial charge >= 0.3 is 20.1 Å². The van der Waals surface area contributed by atoms with E-state index in [0.29, 0.717) is 0 Å². The average Bonchev–Trinajstić information content (AvgIpc) is 3.62. The van der Waals surface area contributed by atoms with Gasteiger partial charge in [-0.1, -0.05) is 42.6 Å². The largest absolute Gasteiger partial charge is 3.00 e. The quantitative estimate of drug-likeness (QED) is 0.108. The Morgan fingerprint density at radius 2 is 1.45 bits per heavy atom. The van der Waals surface area contributed by atoms with Gasteiger partial charge < -0.3 is 24.2 Å². The second kappa shape index (κ2) is 9.90. The summed E-state index contributed by atoms with van der Waals surface area (Å²) in [5.74, 6) is 0. The van der Waals surface area contributed by atoms with Crippen LogP contribution in [0.25, 0.3) is 49.0 Å². The molecule has 184 valence electrons. The van der Waals surface area contributed by atoms with Crippen LogP contribution in [0.4, 0.5) is 5.69 Å². The van der Waals surface area contributed by atoms with Gasteiger partial charge in [0.1, 0.15) is 0 Å². The Labute approximate surface area is 234 Å². The van der Waals surface area contributed by atoms with Gasteiger partial charge in [0.25, 0.3) is 0 Å². The number of imidazole rings is 1. The summed E-state index contributed by atoms with van der Waals surface area (Å²) >= 11 is 0. The first kappa shape index (κ1) is 24.1. The number of fused-ring (bicyclic) bond motifs is 8. The predicted octanol–water partition coefficient (Wildman–Crippen LogP) is 6.97. The van der Waals surface area contributed by atoms with E-state index in [9.17, 15) is 0 Å². The van der Waals surface area contributed by atoms with E-state index in [1.54, 1.807) is 6.20 Å². The molecule has 7 aromatic rings. The van der Waals surface area contributed by atoms with E-state index in [0.717, 1.165) is 27.8 Å². The molecule has 0 N–H and O–H groups in total. The Morgan fingerprint density at radius 1 is 0.711 bits per heavy atom. The third-order valence-electron chi connectivity index (χ3n) is 6.70. The summed E-state index contributed by atoms with van der Waals surface area (Å²) < 4.78 is 1.95. The van der Waals surface area contributed by atoms with Crippen LogP contribution < -0.4 is 4.90 Å². The number of hydrogen-bond donors (Lipinski definition) is 0. The minimum Gasteiger partial charge on any atom is -0.510 e. The van der Waals surface area contributed by atoms with E-state index in [-0.39, 0.29) is 20.1 Å². The molecule has 0 bridgehead atoms. The van der Waals surface area contributed by atoms with Crippen molar-refractivity contribution in [1.29, 1.82) is 0 Å². The fourth-order valence-corrected chi connectivity index (χ4v) is 4.94.